The minimum Gasteiger partial charge on any atom is -0.382 e. The van der Waals surface area contributed by atoms with E-state index in [0.717, 1.165) is 39.5 Å². The summed E-state index contributed by atoms with van der Waals surface area (Å²) < 4.78 is 2.92. The van der Waals surface area contributed by atoms with Crippen molar-refractivity contribution in [3.05, 3.63) is 88.6 Å². The molecule has 0 spiro atoms. The zero-order valence-corrected chi connectivity index (χ0v) is 23.0. The first-order valence-electron chi connectivity index (χ1n) is 13.3. The molecule has 6 rings (SSSR count). The number of pyridine rings is 1. The summed E-state index contributed by atoms with van der Waals surface area (Å²) in [6.45, 7) is 6.49. The minimum absolute atomic E-state index is 0.0576. The summed E-state index contributed by atoms with van der Waals surface area (Å²) in [6.07, 6.45) is 0.323. The van der Waals surface area contributed by atoms with Crippen molar-refractivity contribution in [1.29, 1.82) is 0 Å². The average molecular weight is 549 g/mol. The van der Waals surface area contributed by atoms with Crippen LogP contribution in [0.5, 0.6) is 0 Å². The lowest BCUT2D eigenvalue weighted by Crippen LogP contribution is -2.44. The second-order valence-corrected chi connectivity index (χ2v) is 10.1. The zero-order chi connectivity index (χ0) is 28.7. The van der Waals surface area contributed by atoms with Gasteiger partial charge in [0.2, 0.25) is 5.65 Å². The van der Waals surface area contributed by atoms with E-state index in [1.165, 1.54) is 14.1 Å². The molecule has 0 fully saturated rings. The number of rotatable bonds is 7. The fraction of sp³-hybridized carbons (Fsp3) is 0.200. The maximum atomic E-state index is 13.5. The monoisotopic (exact) mass is 548 g/mol. The number of nitrogen functional groups attached to an aromatic ring is 1. The number of aryl methyl sites for hydroxylation is 2. The number of nitrogens with zero attached hydrogens (tertiary/aromatic N) is 6. The Morgan fingerprint density at radius 1 is 0.951 bits per heavy atom. The van der Waals surface area contributed by atoms with Crippen LogP contribution in [0.2, 0.25) is 0 Å². The van der Waals surface area contributed by atoms with Gasteiger partial charge in [-0.2, -0.15) is 9.78 Å². The van der Waals surface area contributed by atoms with Gasteiger partial charge in [-0.15, -0.1) is 9.38 Å². The van der Waals surface area contributed by atoms with Gasteiger partial charge in [0, 0.05) is 34.9 Å². The SMILES string of the molecule is CC1=NN(c2cccc(NCCn3[nH]c4c(-c5cc(C)nc(C)c5)c(-c5ccccc5)nc(N)[n+]4c3=O)c2)C(=O)C1. The Hall–Kier alpha value is -5.32. The molecule has 0 atom stereocenters. The van der Waals surface area contributed by atoms with E-state index in [2.05, 4.69) is 20.5 Å². The van der Waals surface area contributed by atoms with Crippen molar-refractivity contribution in [2.24, 2.45) is 5.10 Å². The Morgan fingerprint density at radius 3 is 2.41 bits per heavy atom. The Labute approximate surface area is 236 Å². The number of benzene rings is 2. The number of H-pyrrole nitrogens is 1. The maximum Gasteiger partial charge on any atom is 0.428 e. The van der Waals surface area contributed by atoms with Crippen molar-refractivity contribution in [3.63, 3.8) is 0 Å². The molecule has 11 nitrogen and oxygen atoms in total. The number of hydrazone groups is 1. The van der Waals surface area contributed by atoms with Crippen molar-refractivity contribution in [1.82, 2.24) is 19.7 Å². The van der Waals surface area contributed by atoms with E-state index in [-0.39, 0.29) is 17.5 Å². The Morgan fingerprint density at radius 2 is 1.71 bits per heavy atom. The van der Waals surface area contributed by atoms with Crippen LogP contribution in [0.4, 0.5) is 17.3 Å². The molecule has 4 N–H and O–H groups in total. The van der Waals surface area contributed by atoms with Gasteiger partial charge >= 0.3 is 11.6 Å². The van der Waals surface area contributed by atoms with E-state index in [4.69, 9.17) is 10.7 Å². The van der Waals surface area contributed by atoms with E-state index >= 15 is 0 Å². The van der Waals surface area contributed by atoms with Crippen LogP contribution in [0.1, 0.15) is 24.7 Å². The molecule has 0 radical (unpaired) electrons. The summed E-state index contributed by atoms with van der Waals surface area (Å²) >= 11 is 0. The Balaban J connectivity index is 1.36. The van der Waals surface area contributed by atoms with Gasteiger partial charge in [0.05, 0.1) is 24.2 Å². The van der Waals surface area contributed by atoms with Crippen molar-refractivity contribution in [2.75, 3.05) is 22.6 Å². The minimum atomic E-state index is -0.323. The first-order valence-corrected chi connectivity index (χ1v) is 13.3. The number of aromatic amines is 1. The second-order valence-electron chi connectivity index (χ2n) is 10.1. The lowest BCUT2D eigenvalue weighted by atomic mass is 9.99. The van der Waals surface area contributed by atoms with Gasteiger partial charge < -0.3 is 11.1 Å². The molecule has 1 aliphatic heterocycles. The average Bonchev–Trinajstić information content (AvgIpc) is 3.46. The van der Waals surface area contributed by atoms with Gasteiger partial charge in [0.1, 0.15) is 5.69 Å². The molecule has 1 aliphatic rings. The van der Waals surface area contributed by atoms with Crippen LogP contribution in [0.25, 0.3) is 28.0 Å². The quantitative estimate of drug-likeness (QED) is 0.266. The normalized spacial score (nSPS) is 13.2. The molecule has 0 saturated heterocycles. The van der Waals surface area contributed by atoms with Crippen molar-refractivity contribution >= 4 is 34.6 Å². The number of hydrogen-bond donors (Lipinski definition) is 3. The van der Waals surface area contributed by atoms with Gasteiger partial charge in [0.25, 0.3) is 5.91 Å². The molecular weight excluding hydrogens is 518 g/mol. The van der Waals surface area contributed by atoms with E-state index in [1.807, 2.05) is 87.5 Å². The van der Waals surface area contributed by atoms with Crippen LogP contribution in [-0.4, -0.2) is 37.9 Å². The number of hydrogen-bond acceptors (Lipinski definition) is 7. The third kappa shape index (κ3) is 4.93. The van der Waals surface area contributed by atoms with E-state index in [9.17, 15) is 9.59 Å². The van der Waals surface area contributed by atoms with Gasteiger partial charge in [-0.25, -0.2) is 14.9 Å². The lowest BCUT2D eigenvalue weighted by molar-refractivity contribution is -0.516. The summed E-state index contributed by atoms with van der Waals surface area (Å²) in [4.78, 5) is 35.0. The number of amides is 1. The largest absolute Gasteiger partial charge is 0.428 e. The maximum absolute atomic E-state index is 13.5. The molecule has 0 unspecified atom stereocenters. The smallest absolute Gasteiger partial charge is 0.382 e. The first-order chi connectivity index (χ1) is 19.8. The summed E-state index contributed by atoms with van der Waals surface area (Å²) in [5, 5.41) is 12.4. The van der Waals surface area contributed by atoms with Crippen LogP contribution in [0.3, 0.4) is 0 Å². The standard InChI is InChI=1S/C30H29N9O2/c1-18-14-22(15-19(2)33-18)26-27(21-8-5-4-6-9-21)34-29(31)38-28(26)36-37(30(38)41)13-12-32-23-10-7-11-24(17-23)39-25(40)16-20(3)35-39/h4-11,14-15,17,32H,12-13,16H2,1-3H3,(H2,31,33,34,36)/p+1. The number of aromatic nitrogens is 5. The lowest BCUT2D eigenvalue weighted by Gasteiger charge is -2.13. The molecule has 11 heteroatoms. The third-order valence-electron chi connectivity index (χ3n) is 6.90. The topological polar surface area (TPSA) is 138 Å². The highest BCUT2D eigenvalue weighted by Gasteiger charge is 2.26. The number of anilines is 3. The van der Waals surface area contributed by atoms with E-state index in [0.29, 0.717) is 36.5 Å². The molecule has 41 heavy (non-hydrogen) atoms. The molecule has 3 aromatic heterocycles. The summed E-state index contributed by atoms with van der Waals surface area (Å²) in [6, 6.07) is 21.2. The Bertz CT molecular complexity index is 1870. The molecule has 5 aromatic rings. The van der Waals surface area contributed by atoms with Gasteiger partial charge in [-0.05, 0) is 56.7 Å². The molecule has 0 aliphatic carbocycles. The van der Waals surface area contributed by atoms with E-state index in [1.54, 1.807) is 0 Å². The number of nitrogens with two attached hydrogens (primary N) is 1. The van der Waals surface area contributed by atoms with Crippen LogP contribution in [-0.2, 0) is 11.3 Å². The fourth-order valence-electron chi connectivity index (χ4n) is 5.18. The molecule has 2 aromatic carbocycles. The molecule has 206 valence electrons. The van der Waals surface area contributed by atoms with Gasteiger partial charge in [-0.1, -0.05) is 36.4 Å². The van der Waals surface area contributed by atoms with Crippen LogP contribution >= 0.6 is 0 Å². The summed E-state index contributed by atoms with van der Waals surface area (Å²) in [5.74, 6) is 0.0367. The second kappa shape index (κ2) is 10.3. The molecule has 0 saturated carbocycles. The molecule has 4 heterocycles. The predicted molar refractivity (Wildman–Crippen MR) is 159 cm³/mol. The van der Waals surface area contributed by atoms with Gasteiger partial charge in [0.15, 0.2) is 0 Å². The third-order valence-corrected chi connectivity index (χ3v) is 6.90. The van der Waals surface area contributed by atoms with Crippen molar-refractivity contribution < 1.29 is 9.20 Å². The number of nitrogens with one attached hydrogen (secondary N) is 2. The van der Waals surface area contributed by atoms with E-state index < -0.39 is 0 Å². The van der Waals surface area contributed by atoms with Crippen LogP contribution in [0.15, 0.2) is 76.6 Å². The first kappa shape index (κ1) is 25.9. The van der Waals surface area contributed by atoms with Crippen LogP contribution < -0.4 is 26.1 Å². The number of carbonyl (C=O) groups excluding carboxylic acids is 1. The van der Waals surface area contributed by atoms with Crippen LogP contribution in [0, 0.1) is 13.8 Å². The van der Waals surface area contributed by atoms with Crippen molar-refractivity contribution in [2.45, 2.75) is 33.7 Å². The highest BCUT2D eigenvalue weighted by molar-refractivity contribution is 6.12. The number of carbonyl (C=O) groups is 1. The van der Waals surface area contributed by atoms with Crippen molar-refractivity contribution in [3.8, 4) is 22.4 Å². The highest BCUT2D eigenvalue weighted by Crippen LogP contribution is 2.33. The number of fused-ring (bicyclic) bond motifs is 1. The van der Waals surface area contributed by atoms with Gasteiger partial charge in [-0.3, -0.25) is 9.78 Å². The molecule has 0 bridgehead atoms. The highest BCUT2D eigenvalue weighted by atomic mass is 16.2. The summed E-state index contributed by atoms with van der Waals surface area (Å²) in [5.41, 5.74) is 13.8. The molecule has 1 amide bonds. The fourth-order valence-corrected chi connectivity index (χ4v) is 5.18. The zero-order valence-electron chi connectivity index (χ0n) is 23.0. The molecular formula is C30H30N9O2+. The predicted octanol–water partition coefficient (Wildman–Crippen LogP) is 3.46. The Kier molecular flexibility index (Phi) is 6.54. The summed E-state index contributed by atoms with van der Waals surface area (Å²) in [7, 11) is 0.